The minimum absolute atomic E-state index is 0.284. The van der Waals surface area contributed by atoms with E-state index in [1.807, 2.05) is 18.5 Å². The number of nitrogens with one attached hydrogen (secondary N) is 1. The standard InChI is InChI=1S/C9H12N6O/c1-7-4-11-15(5-7)6-14-3-2-8(13-14)9(16)12-10/h2-5H,6,10H2,1H3,(H,12,16). The number of nitrogens with two attached hydrogens (primary N) is 1. The van der Waals surface area contributed by atoms with E-state index < -0.39 is 5.91 Å². The number of rotatable bonds is 3. The zero-order valence-electron chi connectivity index (χ0n) is 8.79. The van der Waals surface area contributed by atoms with Crippen LogP contribution in [0.4, 0.5) is 0 Å². The number of nitrogen functional groups attached to an aromatic ring is 1. The minimum Gasteiger partial charge on any atom is -0.289 e. The molecule has 0 saturated heterocycles. The normalized spacial score (nSPS) is 10.4. The molecule has 0 saturated carbocycles. The summed E-state index contributed by atoms with van der Waals surface area (Å²) in [5.41, 5.74) is 3.39. The molecule has 0 radical (unpaired) electrons. The van der Waals surface area contributed by atoms with Crippen molar-refractivity contribution < 1.29 is 4.79 Å². The summed E-state index contributed by atoms with van der Waals surface area (Å²) in [6, 6.07) is 1.60. The van der Waals surface area contributed by atoms with Crippen LogP contribution in [0.1, 0.15) is 16.1 Å². The molecule has 84 valence electrons. The lowest BCUT2D eigenvalue weighted by Gasteiger charge is -2.00. The van der Waals surface area contributed by atoms with Crippen LogP contribution in [-0.2, 0) is 6.67 Å². The Morgan fingerprint density at radius 2 is 2.38 bits per heavy atom. The predicted molar refractivity (Wildman–Crippen MR) is 56.2 cm³/mol. The van der Waals surface area contributed by atoms with E-state index >= 15 is 0 Å². The van der Waals surface area contributed by atoms with Gasteiger partial charge in [0, 0.05) is 12.4 Å². The third-order valence-electron chi connectivity index (χ3n) is 2.06. The van der Waals surface area contributed by atoms with E-state index in [-0.39, 0.29) is 5.69 Å². The maximum absolute atomic E-state index is 11.1. The fraction of sp³-hybridized carbons (Fsp3) is 0.222. The first-order chi connectivity index (χ1) is 7.69. The van der Waals surface area contributed by atoms with Gasteiger partial charge < -0.3 is 0 Å². The third kappa shape index (κ3) is 2.09. The Bertz CT molecular complexity index is 500. The number of carbonyl (C=O) groups excluding carboxylic acids is 1. The summed E-state index contributed by atoms with van der Waals surface area (Å²) in [6.07, 6.45) is 5.35. The van der Waals surface area contributed by atoms with Crippen LogP contribution in [0.3, 0.4) is 0 Å². The number of hydrogen-bond acceptors (Lipinski definition) is 4. The lowest BCUT2D eigenvalue weighted by Crippen LogP contribution is -2.30. The molecule has 0 spiro atoms. The summed E-state index contributed by atoms with van der Waals surface area (Å²) >= 11 is 0. The molecule has 2 aromatic heterocycles. The molecular formula is C9H12N6O. The Morgan fingerprint density at radius 1 is 1.56 bits per heavy atom. The van der Waals surface area contributed by atoms with Crippen LogP contribution in [-0.4, -0.2) is 25.5 Å². The first kappa shape index (κ1) is 10.4. The fourth-order valence-electron chi connectivity index (χ4n) is 1.33. The molecule has 1 amide bonds. The van der Waals surface area contributed by atoms with E-state index in [4.69, 9.17) is 5.84 Å². The summed E-state index contributed by atoms with van der Waals surface area (Å²) < 4.78 is 3.34. The number of hydrogen-bond donors (Lipinski definition) is 2. The van der Waals surface area contributed by atoms with Gasteiger partial charge in [-0.1, -0.05) is 0 Å². The SMILES string of the molecule is Cc1cnn(Cn2ccc(C(=O)NN)n2)c1. The predicted octanol–water partition coefficient (Wildman–Crippen LogP) is -0.503. The van der Waals surface area contributed by atoms with Gasteiger partial charge in [-0.25, -0.2) is 5.84 Å². The number of carbonyl (C=O) groups is 1. The topological polar surface area (TPSA) is 90.8 Å². The van der Waals surface area contributed by atoms with Gasteiger partial charge in [-0.05, 0) is 18.6 Å². The Labute approximate surface area is 91.8 Å². The molecule has 0 atom stereocenters. The van der Waals surface area contributed by atoms with Crippen molar-refractivity contribution in [1.29, 1.82) is 0 Å². The van der Waals surface area contributed by atoms with Gasteiger partial charge in [0.05, 0.1) is 6.20 Å². The second-order valence-corrected chi connectivity index (χ2v) is 3.41. The monoisotopic (exact) mass is 220 g/mol. The zero-order valence-corrected chi connectivity index (χ0v) is 8.79. The minimum atomic E-state index is -0.407. The molecule has 3 N–H and O–H groups in total. The highest BCUT2D eigenvalue weighted by Crippen LogP contribution is 1.98. The number of aryl methyl sites for hydroxylation is 1. The van der Waals surface area contributed by atoms with Crippen molar-refractivity contribution in [3.8, 4) is 0 Å². The lowest BCUT2D eigenvalue weighted by atomic mass is 10.4. The first-order valence-electron chi connectivity index (χ1n) is 4.72. The number of hydrazine groups is 1. The number of amides is 1. The summed E-state index contributed by atoms with van der Waals surface area (Å²) in [5.74, 6) is 4.60. The average Bonchev–Trinajstić information content (AvgIpc) is 2.87. The first-order valence-corrected chi connectivity index (χ1v) is 4.72. The van der Waals surface area contributed by atoms with E-state index in [0.29, 0.717) is 6.67 Å². The molecule has 0 bridgehead atoms. The largest absolute Gasteiger partial charge is 0.289 e. The number of nitrogens with zero attached hydrogens (tertiary/aromatic N) is 4. The van der Waals surface area contributed by atoms with E-state index in [1.54, 1.807) is 27.8 Å². The Morgan fingerprint density at radius 3 is 3.00 bits per heavy atom. The van der Waals surface area contributed by atoms with Gasteiger partial charge in [-0.15, -0.1) is 0 Å². The molecular weight excluding hydrogens is 208 g/mol. The van der Waals surface area contributed by atoms with Gasteiger partial charge in [0.25, 0.3) is 5.91 Å². The van der Waals surface area contributed by atoms with Crippen LogP contribution in [0.15, 0.2) is 24.7 Å². The quantitative estimate of drug-likeness (QED) is 0.414. The molecule has 0 fully saturated rings. The second-order valence-electron chi connectivity index (χ2n) is 3.41. The van der Waals surface area contributed by atoms with Crippen LogP contribution in [0.25, 0.3) is 0 Å². The van der Waals surface area contributed by atoms with Crippen molar-refractivity contribution in [2.24, 2.45) is 5.84 Å². The highest BCUT2D eigenvalue weighted by atomic mass is 16.2. The molecule has 0 unspecified atom stereocenters. The van der Waals surface area contributed by atoms with Crippen LogP contribution >= 0.6 is 0 Å². The summed E-state index contributed by atoms with van der Waals surface area (Å²) in [7, 11) is 0. The van der Waals surface area contributed by atoms with Gasteiger partial charge in [-0.2, -0.15) is 10.2 Å². The van der Waals surface area contributed by atoms with Crippen LogP contribution in [0, 0.1) is 6.92 Å². The summed E-state index contributed by atoms with van der Waals surface area (Å²) in [5, 5.41) is 8.17. The highest BCUT2D eigenvalue weighted by molar-refractivity contribution is 5.91. The van der Waals surface area contributed by atoms with E-state index in [0.717, 1.165) is 5.56 Å². The molecule has 0 aliphatic heterocycles. The Kier molecular flexibility index (Phi) is 2.69. The highest BCUT2D eigenvalue weighted by Gasteiger charge is 2.07. The van der Waals surface area contributed by atoms with Crippen molar-refractivity contribution >= 4 is 5.91 Å². The van der Waals surface area contributed by atoms with E-state index in [1.165, 1.54) is 0 Å². The van der Waals surface area contributed by atoms with Crippen LogP contribution < -0.4 is 11.3 Å². The molecule has 0 aromatic carbocycles. The second kappa shape index (κ2) is 4.15. The van der Waals surface area contributed by atoms with Crippen LogP contribution in [0.2, 0.25) is 0 Å². The molecule has 2 heterocycles. The van der Waals surface area contributed by atoms with E-state index in [9.17, 15) is 4.79 Å². The molecule has 2 aromatic rings. The van der Waals surface area contributed by atoms with Gasteiger partial charge in [0.2, 0.25) is 0 Å². The maximum atomic E-state index is 11.1. The molecule has 0 aliphatic rings. The molecule has 7 heteroatoms. The van der Waals surface area contributed by atoms with Crippen molar-refractivity contribution in [1.82, 2.24) is 25.0 Å². The Balaban J connectivity index is 2.11. The molecule has 7 nitrogen and oxygen atoms in total. The van der Waals surface area contributed by atoms with Crippen molar-refractivity contribution in [3.63, 3.8) is 0 Å². The summed E-state index contributed by atoms with van der Waals surface area (Å²) in [4.78, 5) is 11.1. The molecule has 16 heavy (non-hydrogen) atoms. The average molecular weight is 220 g/mol. The van der Waals surface area contributed by atoms with Gasteiger partial charge in [-0.3, -0.25) is 19.6 Å². The van der Waals surface area contributed by atoms with Gasteiger partial charge in [0.15, 0.2) is 5.69 Å². The zero-order chi connectivity index (χ0) is 11.5. The van der Waals surface area contributed by atoms with E-state index in [2.05, 4.69) is 10.2 Å². The van der Waals surface area contributed by atoms with Crippen LogP contribution in [0.5, 0.6) is 0 Å². The molecule has 2 rings (SSSR count). The van der Waals surface area contributed by atoms with Crippen molar-refractivity contribution in [2.75, 3.05) is 0 Å². The Hall–Kier alpha value is -2.15. The lowest BCUT2D eigenvalue weighted by molar-refractivity contribution is 0.0947. The third-order valence-corrected chi connectivity index (χ3v) is 2.06. The van der Waals surface area contributed by atoms with Gasteiger partial charge >= 0.3 is 0 Å². The van der Waals surface area contributed by atoms with Crippen molar-refractivity contribution in [2.45, 2.75) is 13.6 Å². The number of aromatic nitrogens is 4. The summed E-state index contributed by atoms with van der Waals surface area (Å²) in [6.45, 7) is 2.42. The molecule has 0 aliphatic carbocycles. The van der Waals surface area contributed by atoms with Crippen molar-refractivity contribution in [3.05, 3.63) is 35.9 Å². The van der Waals surface area contributed by atoms with Gasteiger partial charge in [0.1, 0.15) is 6.67 Å². The smallest absolute Gasteiger partial charge is 0.285 e. The maximum Gasteiger partial charge on any atom is 0.285 e. The fourth-order valence-corrected chi connectivity index (χ4v) is 1.33.